The Labute approximate surface area is 138 Å². The van der Waals surface area contributed by atoms with E-state index in [1.807, 2.05) is 4.52 Å². The van der Waals surface area contributed by atoms with Crippen molar-refractivity contribution >= 4 is 27.1 Å². The molecular weight excluding hydrogens is 304 g/mol. The van der Waals surface area contributed by atoms with Gasteiger partial charge in [0, 0.05) is 11.8 Å². The highest BCUT2D eigenvalue weighted by atomic mass is 32.1. The average Bonchev–Trinajstić information content (AvgIpc) is 3.06. The Hall–Kier alpha value is -2.27. The van der Waals surface area contributed by atoms with Gasteiger partial charge in [0.1, 0.15) is 5.01 Å². The summed E-state index contributed by atoms with van der Waals surface area (Å²) in [6.45, 7) is 6.40. The van der Waals surface area contributed by atoms with Gasteiger partial charge < -0.3 is 0 Å². The summed E-state index contributed by atoms with van der Waals surface area (Å²) in [5.74, 6) is 0.910. The number of nitrogens with zero attached hydrogens (tertiary/aromatic N) is 4. The Morgan fingerprint density at radius 2 is 1.78 bits per heavy atom. The fraction of sp³-hybridized carbons (Fsp3) is 0.278. The summed E-state index contributed by atoms with van der Waals surface area (Å²) in [5.41, 5.74) is 1.23. The third-order valence-electron chi connectivity index (χ3n) is 3.93. The van der Waals surface area contributed by atoms with Crippen molar-refractivity contribution in [3.05, 3.63) is 58.9 Å². The van der Waals surface area contributed by atoms with Gasteiger partial charge in [-0.2, -0.15) is 9.61 Å². The summed E-state index contributed by atoms with van der Waals surface area (Å²) in [6, 6.07) is 14.9. The van der Waals surface area contributed by atoms with Crippen molar-refractivity contribution in [2.75, 3.05) is 0 Å². The molecule has 4 nitrogen and oxygen atoms in total. The van der Waals surface area contributed by atoms with Crippen LogP contribution >= 0.6 is 11.3 Å². The van der Waals surface area contributed by atoms with Crippen LogP contribution in [-0.2, 0) is 11.8 Å². The van der Waals surface area contributed by atoms with Crippen molar-refractivity contribution < 1.29 is 0 Å². The molecule has 0 aliphatic rings. The first kappa shape index (κ1) is 14.3. The number of fused-ring (bicyclic) bond motifs is 2. The van der Waals surface area contributed by atoms with E-state index in [1.54, 1.807) is 11.3 Å². The lowest BCUT2D eigenvalue weighted by Crippen LogP contribution is -2.16. The second-order valence-corrected chi connectivity index (χ2v) is 7.82. The van der Waals surface area contributed by atoms with E-state index in [1.165, 1.54) is 16.3 Å². The maximum atomic E-state index is 4.75. The van der Waals surface area contributed by atoms with Crippen LogP contribution in [0.1, 0.15) is 37.2 Å². The lowest BCUT2D eigenvalue weighted by Gasteiger charge is -2.13. The highest BCUT2D eigenvalue weighted by molar-refractivity contribution is 7.16. The number of hydrogen-bond donors (Lipinski definition) is 0. The van der Waals surface area contributed by atoms with Gasteiger partial charge in [-0.3, -0.25) is 0 Å². The summed E-state index contributed by atoms with van der Waals surface area (Å²) in [5, 5.41) is 16.9. The highest BCUT2D eigenvalue weighted by Crippen LogP contribution is 2.26. The molecule has 5 heteroatoms. The van der Waals surface area contributed by atoms with E-state index < -0.39 is 0 Å². The van der Waals surface area contributed by atoms with Crippen molar-refractivity contribution in [1.29, 1.82) is 0 Å². The smallest absolute Gasteiger partial charge is 0.187 e. The normalized spacial score (nSPS) is 12.3. The molecule has 116 valence electrons. The van der Waals surface area contributed by atoms with E-state index in [-0.39, 0.29) is 5.41 Å². The van der Waals surface area contributed by atoms with E-state index in [0.717, 1.165) is 22.2 Å². The molecule has 0 bridgehead atoms. The van der Waals surface area contributed by atoms with Crippen molar-refractivity contribution in [2.45, 2.75) is 32.6 Å². The van der Waals surface area contributed by atoms with E-state index in [0.29, 0.717) is 0 Å². The van der Waals surface area contributed by atoms with Gasteiger partial charge >= 0.3 is 0 Å². The summed E-state index contributed by atoms with van der Waals surface area (Å²) < 4.78 is 1.89. The Morgan fingerprint density at radius 1 is 1.00 bits per heavy atom. The molecule has 0 aliphatic heterocycles. The number of rotatable bonds is 2. The molecule has 23 heavy (non-hydrogen) atoms. The molecule has 0 N–H and O–H groups in total. The molecule has 4 aromatic rings. The predicted octanol–water partition coefficient (Wildman–Crippen LogP) is 4.23. The first-order chi connectivity index (χ1) is 11.0. The Bertz CT molecular complexity index is 986. The van der Waals surface area contributed by atoms with Crippen LogP contribution in [0.3, 0.4) is 0 Å². The molecule has 0 fully saturated rings. The fourth-order valence-corrected chi connectivity index (χ4v) is 3.66. The van der Waals surface area contributed by atoms with Crippen LogP contribution < -0.4 is 0 Å². The molecule has 0 saturated heterocycles. The van der Waals surface area contributed by atoms with Crippen molar-refractivity contribution in [1.82, 2.24) is 19.8 Å². The van der Waals surface area contributed by atoms with E-state index in [9.17, 15) is 0 Å². The Balaban J connectivity index is 1.77. The van der Waals surface area contributed by atoms with Gasteiger partial charge in [0.25, 0.3) is 0 Å². The van der Waals surface area contributed by atoms with Crippen LogP contribution in [0.15, 0.2) is 42.5 Å². The molecule has 2 heterocycles. The first-order valence-corrected chi connectivity index (χ1v) is 8.52. The number of hydrogen-bond acceptors (Lipinski definition) is 4. The standard InChI is InChI=1S/C18H18N4S/c1-18(2,3)16-19-20-17-22(16)21-15(23-17)11-13-9-6-8-12-7-4-5-10-14(12)13/h4-10H,11H2,1-3H3. The van der Waals surface area contributed by atoms with E-state index >= 15 is 0 Å². The molecule has 0 amide bonds. The predicted molar refractivity (Wildman–Crippen MR) is 94.1 cm³/mol. The molecule has 0 unspecified atom stereocenters. The minimum absolute atomic E-state index is 0.0653. The second kappa shape index (κ2) is 5.13. The van der Waals surface area contributed by atoms with Crippen molar-refractivity contribution in [3.63, 3.8) is 0 Å². The first-order valence-electron chi connectivity index (χ1n) is 7.70. The molecule has 0 atom stereocenters. The summed E-state index contributed by atoms with van der Waals surface area (Å²) >= 11 is 1.62. The SMILES string of the molecule is CC(C)(C)c1nnc2sc(Cc3cccc4ccccc34)nn12. The van der Waals surface area contributed by atoms with Gasteiger partial charge in [0.15, 0.2) is 5.82 Å². The quantitative estimate of drug-likeness (QED) is 0.555. The third kappa shape index (κ3) is 2.51. The summed E-state index contributed by atoms with van der Waals surface area (Å²) in [4.78, 5) is 0.866. The summed E-state index contributed by atoms with van der Waals surface area (Å²) in [6.07, 6.45) is 0.818. The van der Waals surface area contributed by atoms with Crippen LogP contribution in [0.2, 0.25) is 0 Å². The van der Waals surface area contributed by atoms with Gasteiger partial charge in [0.2, 0.25) is 4.96 Å². The Morgan fingerprint density at radius 3 is 2.61 bits per heavy atom. The van der Waals surface area contributed by atoms with E-state index in [2.05, 4.69) is 73.4 Å². The lowest BCUT2D eigenvalue weighted by molar-refractivity contribution is 0.527. The second-order valence-electron chi connectivity index (χ2n) is 6.78. The maximum Gasteiger partial charge on any atom is 0.234 e. The van der Waals surface area contributed by atoms with Gasteiger partial charge in [-0.25, -0.2) is 0 Å². The lowest BCUT2D eigenvalue weighted by atomic mass is 9.96. The van der Waals surface area contributed by atoms with Gasteiger partial charge in [0.05, 0.1) is 0 Å². The topological polar surface area (TPSA) is 43.1 Å². The molecule has 0 saturated carbocycles. The molecule has 2 aromatic heterocycles. The zero-order valence-electron chi connectivity index (χ0n) is 13.4. The van der Waals surface area contributed by atoms with Crippen LogP contribution in [0.5, 0.6) is 0 Å². The highest BCUT2D eigenvalue weighted by Gasteiger charge is 2.23. The molecule has 0 spiro atoms. The van der Waals surface area contributed by atoms with Crippen LogP contribution in [0.4, 0.5) is 0 Å². The van der Waals surface area contributed by atoms with Gasteiger partial charge in [-0.1, -0.05) is 74.6 Å². The van der Waals surface area contributed by atoms with Crippen LogP contribution in [0.25, 0.3) is 15.7 Å². The number of aromatic nitrogens is 4. The van der Waals surface area contributed by atoms with Crippen molar-refractivity contribution in [2.24, 2.45) is 0 Å². The average molecular weight is 322 g/mol. The Kier molecular flexibility index (Phi) is 3.20. The van der Waals surface area contributed by atoms with Crippen molar-refractivity contribution in [3.8, 4) is 0 Å². The zero-order valence-corrected chi connectivity index (χ0v) is 14.3. The minimum Gasteiger partial charge on any atom is -0.187 e. The van der Waals surface area contributed by atoms with E-state index in [4.69, 9.17) is 5.10 Å². The monoisotopic (exact) mass is 322 g/mol. The van der Waals surface area contributed by atoms with Gasteiger partial charge in [-0.05, 0) is 16.3 Å². The molecule has 4 rings (SSSR count). The maximum absolute atomic E-state index is 4.75. The van der Waals surface area contributed by atoms with Crippen LogP contribution in [0, 0.1) is 0 Å². The van der Waals surface area contributed by atoms with Crippen LogP contribution in [-0.4, -0.2) is 19.8 Å². The van der Waals surface area contributed by atoms with Gasteiger partial charge in [-0.15, -0.1) is 10.2 Å². The fourth-order valence-electron chi connectivity index (χ4n) is 2.81. The zero-order chi connectivity index (χ0) is 16.0. The third-order valence-corrected chi connectivity index (χ3v) is 4.82. The minimum atomic E-state index is -0.0653. The summed E-state index contributed by atoms with van der Waals surface area (Å²) in [7, 11) is 0. The molecule has 0 radical (unpaired) electrons. The molecule has 0 aliphatic carbocycles. The number of benzene rings is 2. The molecule has 2 aromatic carbocycles. The largest absolute Gasteiger partial charge is 0.234 e. The molecular formula is C18H18N4S.